The number of nitrogens with zero attached hydrogens (tertiary/aromatic N) is 1. The van der Waals surface area contributed by atoms with E-state index < -0.39 is 0 Å². The van der Waals surface area contributed by atoms with E-state index in [9.17, 15) is 4.39 Å². The quantitative estimate of drug-likeness (QED) is 0.588. The summed E-state index contributed by atoms with van der Waals surface area (Å²) in [6, 6.07) is 6.68. The van der Waals surface area contributed by atoms with Gasteiger partial charge < -0.3 is 0 Å². The molecule has 1 heterocycles. The number of fused-ring (bicyclic) bond motifs is 1. The van der Waals surface area contributed by atoms with Crippen LogP contribution in [-0.4, -0.2) is 4.98 Å². The molecule has 0 aliphatic heterocycles. The maximum atomic E-state index is 13.2. The van der Waals surface area contributed by atoms with Gasteiger partial charge >= 0.3 is 0 Å². The molecule has 0 saturated carbocycles. The number of aromatic nitrogens is 1. The van der Waals surface area contributed by atoms with Crippen LogP contribution in [0.15, 0.2) is 24.3 Å². The largest absolute Gasteiger partial charge is 0.233 e. The fourth-order valence-electron chi connectivity index (χ4n) is 1.25. The van der Waals surface area contributed by atoms with Crippen LogP contribution in [0.3, 0.4) is 0 Å². The van der Waals surface area contributed by atoms with E-state index >= 15 is 0 Å². The summed E-state index contributed by atoms with van der Waals surface area (Å²) >= 11 is 5.78. The van der Waals surface area contributed by atoms with E-state index in [2.05, 4.69) is 4.98 Å². The normalized spacial score (nSPS) is 10.7. The van der Waals surface area contributed by atoms with Crippen molar-refractivity contribution in [2.45, 2.75) is 6.92 Å². The molecule has 0 amide bonds. The molecule has 0 unspecified atom stereocenters. The first-order chi connectivity index (χ1) is 6.18. The van der Waals surface area contributed by atoms with E-state index in [0.29, 0.717) is 10.7 Å². The lowest BCUT2D eigenvalue weighted by molar-refractivity contribution is 0.637. The molecule has 0 radical (unpaired) electrons. The first-order valence-electron chi connectivity index (χ1n) is 3.90. The fourth-order valence-corrected chi connectivity index (χ4v) is 1.38. The Morgan fingerprint density at radius 1 is 1.38 bits per heavy atom. The van der Waals surface area contributed by atoms with Gasteiger partial charge in [0.25, 0.3) is 0 Å². The molecule has 0 aliphatic carbocycles. The van der Waals surface area contributed by atoms with Gasteiger partial charge in [-0.05, 0) is 24.6 Å². The zero-order valence-corrected chi connectivity index (χ0v) is 7.77. The Morgan fingerprint density at radius 3 is 2.92 bits per heavy atom. The molecule has 0 N–H and O–H groups in total. The minimum Gasteiger partial charge on any atom is -0.233 e. The Labute approximate surface area is 80.2 Å². The lowest BCUT2D eigenvalue weighted by atomic mass is 10.2. The van der Waals surface area contributed by atoms with Crippen LogP contribution in [0.5, 0.6) is 0 Å². The third kappa shape index (κ3) is 1.38. The fraction of sp³-hybridized carbons (Fsp3) is 0.100. The van der Waals surface area contributed by atoms with Gasteiger partial charge in [-0.25, -0.2) is 9.37 Å². The number of pyridine rings is 1. The Bertz CT molecular complexity index is 468. The van der Waals surface area contributed by atoms with E-state index in [-0.39, 0.29) is 5.82 Å². The second-order valence-electron chi connectivity index (χ2n) is 2.91. The Kier molecular flexibility index (Phi) is 1.93. The number of rotatable bonds is 0. The lowest BCUT2D eigenvalue weighted by Crippen LogP contribution is -1.87. The van der Waals surface area contributed by atoms with Crippen molar-refractivity contribution in [1.82, 2.24) is 4.98 Å². The van der Waals surface area contributed by atoms with Crippen molar-refractivity contribution in [3.63, 3.8) is 0 Å². The molecule has 0 aliphatic rings. The zero-order valence-electron chi connectivity index (χ0n) is 7.01. The van der Waals surface area contributed by atoms with Crippen LogP contribution in [0.4, 0.5) is 4.39 Å². The molecule has 0 fully saturated rings. The van der Waals surface area contributed by atoms with Crippen LogP contribution in [0.2, 0.25) is 5.15 Å². The molecular weight excluding hydrogens is 189 g/mol. The van der Waals surface area contributed by atoms with E-state index in [1.54, 1.807) is 6.07 Å². The van der Waals surface area contributed by atoms with Gasteiger partial charge in [0.1, 0.15) is 16.5 Å². The molecule has 2 rings (SSSR count). The van der Waals surface area contributed by atoms with Crippen molar-refractivity contribution in [1.29, 1.82) is 0 Å². The molecule has 0 saturated heterocycles. The lowest BCUT2D eigenvalue weighted by Gasteiger charge is -2.01. The molecule has 66 valence electrons. The van der Waals surface area contributed by atoms with Gasteiger partial charge in [0.05, 0.1) is 0 Å². The number of halogens is 2. The average molecular weight is 196 g/mol. The number of hydrogen-bond acceptors (Lipinski definition) is 1. The van der Waals surface area contributed by atoms with Gasteiger partial charge in [-0.1, -0.05) is 23.7 Å². The van der Waals surface area contributed by atoms with Crippen molar-refractivity contribution >= 4 is 22.5 Å². The highest BCUT2D eigenvalue weighted by Crippen LogP contribution is 2.21. The van der Waals surface area contributed by atoms with Gasteiger partial charge in [-0.2, -0.15) is 0 Å². The minimum atomic E-state index is -0.334. The van der Waals surface area contributed by atoms with E-state index in [1.165, 1.54) is 6.07 Å². The smallest absolute Gasteiger partial charge is 0.149 e. The van der Waals surface area contributed by atoms with Crippen molar-refractivity contribution in [2.24, 2.45) is 0 Å². The second-order valence-corrected chi connectivity index (χ2v) is 3.27. The molecule has 3 heteroatoms. The van der Waals surface area contributed by atoms with Crippen LogP contribution in [0, 0.1) is 12.7 Å². The second kappa shape index (κ2) is 2.96. The van der Waals surface area contributed by atoms with E-state index in [1.807, 2.05) is 19.1 Å². The summed E-state index contributed by atoms with van der Waals surface area (Å²) in [5, 5.41) is 1.14. The number of benzene rings is 1. The van der Waals surface area contributed by atoms with E-state index in [0.717, 1.165) is 10.9 Å². The van der Waals surface area contributed by atoms with Gasteiger partial charge in [0.15, 0.2) is 0 Å². The van der Waals surface area contributed by atoms with Crippen LogP contribution in [0.1, 0.15) is 5.56 Å². The molecule has 2 aromatic rings. The predicted octanol–water partition coefficient (Wildman–Crippen LogP) is 3.34. The first-order valence-corrected chi connectivity index (χ1v) is 4.27. The highest BCUT2D eigenvalue weighted by molar-refractivity contribution is 6.30. The predicted molar refractivity (Wildman–Crippen MR) is 51.4 cm³/mol. The standard InChI is InChI=1S/C10H7ClFN/c1-6-5-7-3-2-4-8(12)9(7)13-10(6)11/h2-5H,1H3. The number of aryl methyl sites for hydroxylation is 1. The summed E-state index contributed by atoms with van der Waals surface area (Å²) in [7, 11) is 0. The Balaban J connectivity index is 2.89. The van der Waals surface area contributed by atoms with E-state index in [4.69, 9.17) is 11.6 Å². The summed E-state index contributed by atoms with van der Waals surface area (Å²) in [4.78, 5) is 3.97. The van der Waals surface area contributed by atoms with Gasteiger partial charge in [0.2, 0.25) is 0 Å². The summed E-state index contributed by atoms with van der Waals surface area (Å²) < 4.78 is 13.2. The highest BCUT2D eigenvalue weighted by Gasteiger charge is 2.04. The first kappa shape index (κ1) is 8.45. The number of para-hydroxylation sites is 1. The summed E-state index contributed by atoms with van der Waals surface area (Å²) in [5.74, 6) is -0.334. The molecule has 13 heavy (non-hydrogen) atoms. The average Bonchev–Trinajstić information content (AvgIpc) is 2.09. The zero-order chi connectivity index (χ0) is 9.42. The van der Waals surface area contributed by atoms with Gasteiger partial charge in [0, 0.05) is 5.39 Å². The topological polar surface area (TPSA) is 12.9 Å². The summed E-state index contributed by atoms with van der Waals surface area (Å²) in [6.07, 6.45) is 0. The SMILES string of the molecule is Cc1cc2cccc(F)c2nc1Cl. The molecule has 0 atom stereocenters. The van der Waals surface area contributed by atoms with Gasteiger partial charge in [-0.3, -0.25) is 0 Å². The third-order valence-electron chi connectivity index (χ3n) is 1.93. The molecule has 1 aromatic heterocycles. The van der Waals surface area contributed by atoms with Crippen LogP contribution < -0.4 is 0 Å². The maximum absolute atomic E-state index is 13.2. The Morgan fingerprint density at radius 2 is 2.15 bits per heavy atom. The molecule has 1 aromatic carbocycles. The van der Waals surface area contributed by atoms with Crippen molar-refractivity contribution in [3.05, 3.63) is 40.8 Å². The third-order valence-corrected chi connectivity index (χ3v) is 2.31. The van der Waals surface area contributed by atoms with Gasteiger partial charge in [-0.15, -0.1) is 0 Å². The monoisotopic (exact) mass is 195 g/mol. The molecule has 0 spiro atoms. The van der Waals surface area contributed by atoms with Crippen molar-refractivity contribution in [2.75, 3.05) is 0 Å². The molecule has 1 nitrogen and oxygen atoms in total. The summed E-state index contributed by atoms with van der Waals surface area (Å²) in [6.45, 7) is 1.85. The minimum absolute atomic E-state index is 0.332. The van der Waals surface area contributed by atoms with Crippen molar-refractivity contribution < 1.29 is 4.39 Å². The molecular formula is C10H7ClFN. The maximum Gasteiger partial charge on any atom is 0.149 e. The molecule has 0 bridgehead atoms. The Hall–Kier alpha value is -1.15. The highest BCUT2D eigenvalue weighted by atomic mass is 35.5. The van der Waals surface area contributed by atoms with Crippen LogP contribution >= 0.6 is 11.6 Å². The van der Waals surface area contributed by atoms with Crippen LogP contribution in [-0.2, 0) is 0 Å². The van der Waals surface area contributed by atoms with Crippen LogP contribution in [0.25, 0.3) is 10.9 Å². The number of hydrogen-bond donors (Lipinski definition) is 0. The van der Waals surface area contributed by atoms with Crippen molar-refractivity contribution in [3.8, 4) is 0 Å². The summed E-state index contributed by atoms with van der Waals surface area (Å²) in [5.41, 5.74) is 1.19.